The van der Waals surface area contributed by atoms with Crippen molar-refractivity contribution < 1.29 is 9.53 Å². The molecular weight excluding hydrogens is 366 g/mol. The fourth-order valence-corrected chi connectivity index (χ4v) is 3.29. The molecule has 1 aliphatic heterocycles. The molecule has 0 aliphatic carbocycles. The van der Waals surface area contributed by atoms with Crippen molar-refractivity contribution >= 4 is 11.9 Å². The molecule has 7 heteroatoms. The van der Waals surface area contributed by atoms with Gasteiger partial charge in [-0.3, -0.25) is 14.7 Å². The Kier molecular flexibility index (Phi) is 10.5. The van der Waals surface area contributed by atoms with Crippen LogP contribution in [0.15, 0.2) is 35.3 Å². The largest absolute Gasteiger partial charge is 0.374 e. The molecule has 0 aromatic heterocycles. The van der Waals surface area contributed by atoms with E-state index >= 15 is 0 Å². The highest BCUT2D eigenvalue weighted by Crippen LogP contribution is 2.08. The molecule has 1 saturated heterocycles. The van der Waals surface area contributed by atoms with Gasteiger partial charge in [0.05, 0.1) is 19.3 Å². The molecule has 0 spiro atoms. The molecule has 29 heavy (non-hydrogen) atoms. The van der Waals surface area contributed by atoms with Gasteiger partial charge in [-0.05, 0) is 18.4 Å². The Morgan fingerprint density at radius 3 is 2.76 bits per heavy atom. The first kappa shape index (κ1) is 23.2. The Bertz CT molecular complexity index is 621. The minimum atomic E-state index is 0.0251. The standard InChI is InChI=1S/C22H37N5O2/c1-4-23-22(26-15-20-17-27(12-13-29-20)16-18(2)3)24-11-10-21(28)25-14-19-8-6-5-7-9-19/h5-9,18,20H,4,10-17H2,1-3H3,(H,25,28)(H2,23,24,26). The van der Waals surface area contributed by atoms with E-state index in [4.69, 9.17) is 4.74 Å². The molecule has 0 bridgehead atoms. The van der Waals surface area contributed by atoms with Crippen LogP contribution >= 0.6 is 0 Å². The van der Waals surface area contributed by atoms with Gasteiger partial charge in [-0.15, -0.1) is 0 Å². The van der Waals surface area contributed by atoms with Gasteiger partial charge >= 0.3 is 0 Å². The smallest absolute Gasteiger partial charge is 0.222 e. The zero-order chi connectivity index (χ0) is 20.9. The van der Waals surface area contributed by atoms with Gasteiger partial charge in [-0.25, -0.2) is 0 Å². The van der Waals surface area contributed by atoms with Gasteiger partial charge in [-0.1, -0.05) is 44.2 Å². The van der Waals surface area contributed by atoms with Gasteiger partial charge in [0.25, 0.3) is 0 Å². The third-order valence-corrected chi connectivity index (χ3v) is 4.62. The quantitative estimate of drug-likeness (QED) is 0.409. The first-order valence-electron chi connectivity index (χ1n) is 10.7. The number of rotatable bonds is 10. The Balaban J connectivity index is 1.70. The van der Waals surface area contributed by atoms with Crippen LogP contribution in [0, 0.1) is 5.92 Å². The van der Waals surface area contributed by atoms with Gasteiger partial charge in [0, 0.05) is 45.7 Å². The number of hydrogen-bond donors (Lipinski definition) is 3. The predicted octanol–water partition coefficient (Wildman–Crippen LogP) is 1.60. The van der Waals surface area contributed by atoms with Crippen LogP contribution in [0.5, 0.6) is 0 Å². The Morgan fingerprint density at radius 2 is 2.03 bits per heavy atom. The maximum Gasteiger partial charge on any atom is 0.222 e. The van der Waals surface area contributed by atoms with Crippen LogP contribution in [0.2, 0.25) is 0 Å². The summed E-state index contributed by atoms with van der Waals surface area (Å²) in [5.74, 6) is 1.41. The summed E-state index contributed by atoms with van der Waals surface area (Å²) in [4.78, 5) is 19.2. The summed E-state index contributed by atoms with van der Waals surface area (Å²) in [7, 11) is 0. The fourth-order valence-electron chi connectivity index (χ4n) is 3.29. The zero-order valence-electron chi connectivity index (χ0n) is 18.1. The number of amides is 1. The Hall–Kier alpha value is -2.12. The van der Waals surface area contributed by atoms with Crippen LogP contribution in [0.1, 0.15) is 32.8 Å². The van der Waals surface area contributed by atoms with Crippen molar-refractivity contribution in [3.63, 3.8) is 0 Å². The fraction of sp³-hybridized carbons (Fsp3) is 0.636. The van der Waals surface area contributed by atoms with Crippen LogP contribution in [0.3, 0.4) is 0 Å². The van der Waals surface area contributed by atoms with Crippen molar-refractivity contribution in [3.05, 3.63) is 35.9 Å². The maximum absolute atomic E-state index is 12.0. The predicted molar refractivity (Wildman–Crippen MR) is 118 cm³/mol. The second-order valence-electron chi connectivity index (χ2n) is 7.80. The summed E-state index contributed by atoms with van der Waals surface area (Å²) in [5, 5.41) is 9.42. The minimum Gasteiger partial charge on any atom is -0.374 e. The van der Waals surface area contributed by atoms with Crippen molar-refractivity contribution in [1.29, 1.82) is 0 Å². The normalized spacial score (nSPS) is 17.9. The van der Waals surface area contributed by atoms with E-state index in [1.165, 1.54) is 0 Å². The van der Waals surface area contributed by atoms with Crippen molar-refractivity contribution in [2.45, 2.75) is 39.8 Å². The molecule has 0 saturated carbocycles. The van der Waals surface area contributed by atoms with E-state index in [1.54, 1.807) is 0 Å². The molecule has 162 valence electrons. The molecule has 1 aromatic carbocycles. The van der Waals surface area contributed by atoms with Crippen LogP contribution in [-0.4, -0.2) is 68.7 Å². The Labute approximate surface area is 175 Å². The van der Waals surface area contributed by atoms with Crippen LogP contribution < -0.4 is 16.0 Å². The molecule has 1 aromatic rings. The van der Waals surface area contributed by atoms with E-state index in [0.717, 1.165) is 44.3 Å². The van der Waals surface area contributed by atoms with Crippen molar-refractivity contribution in [3.8, 4) is 0 Å². The highest BCUT2D eigenvalue weighted by molar-refractivity contribution is 5.81. The van der Waals surface area contributed by atoms with E-state index in [9.17, 15) is 4.79 Å². The molecule has 1 aliphatic rings. The molecule has 1 fully saturated rings. The molecule has 7 nitrogen and oxygen atoms in total. The van der Waals surface area contributed by atoms with E-state index < -0.39 is 0 Å². The molecule has 0 radical (unpaired) electrons. The van der Waals surface area contributed by atoms with Gasteiger partial charge in [0.2, 0.25) is 5.91 Å². The number of nitrogens with one attached hydrogen (secondary N) is 3. The van der Waals surface area contributed by atoms with Crippen LogP contribution in [-0.2, 0) is 16.1 Å². The molecule has 1 unspecified atom stereocenters. The van der Waals surface area contributed by atoms with Crippen molar-refractivity contribution in [2.24, 2.45) is 10.9 Å². The zero-order valence-corrected chi connectivity index (χ0v) is 18.1. The second-order valence-corrected chi connectivity index (χ2v) is 7.80. The summed E-state index contributed by atoms with van der Waals surface area (Å²) >= 11 is 0. The maximum atomic E-state index is 12.0. The van der Waals surface area contributed by atoms with E-state index in [2.05, 4.69) is 39.7 Å². The number of nitrogens with zero attached hydrogens (tertiary/aromatic N) is 2. The lowest BCUT2D eigenvalue weighted by molar-refractivity contribution is -0.121. The van der Waals surface area contributed by atoms with Gasteiger partial charge in [0.1, 0.15) is 0 Å². The van der Waals surface area contributed by atoms with Crippen LogP contribution in [0.25, 0.3) is 0 Å². The second kappa shape index (κ2) is 13.2. The van der Waals surface area contributed by atoms with Gasteiger partial charge in [0.15, 0.2) is 5.96 Å². The van der Waals surface area contributed by atoms with E-state index in [-0.39, 0.29) is 12.0 Å². The molecule has 1 heterocycles. The number of carbonyl (C=O) groups excluding carboxylic acids is 1. The Morgan fingerprint density at radius 1 is 1.24 bits per heavy atom. The molecule has 1 amide bonds. The number of guanidine groups is 1. The first-order chi connectivity index (χ1) is 14.1. The lowest BCUT2D eigenvalue weighted by atomic mass is 10.2. The summed E-state index contributed by atoms with van der Waals surface area (Å²) in [5.41, 5.74) is 1.10. The lowest BCUT2D eigenvalue weighted by Crippen LogP contribution is -2.46. The topological polar surface area (TPSA) is 78.0 Å². The van der Waals surface area contributed by atoms with Crippen molar-refractivity contribution in [2.75, 3.05) is 45.9 Å². The molecular formula is C22H37N5O2. The summed E-state index contributed by atoms with van der Waals surface area (Å²) in [6.07, 6.45) is 0.520. The van der Waals surface area contributed by atoms with Gasteiger partial charge < -0.3 is 20.7 Å². The highest BCUT2D eigenvalue weighted by Gasteiger charge is 2.20. The van der Waals surface area contributed by atoms with Crippen LogP contribution in [0.4, 0.5) is 0 Å². The third-order valence-electron chi connectivity index (χ3n) is 4.62. The average Bonchev–Trinajstić information content (AvgIpc) is 2.71. The first-order valence-corrected chi connectivity index (χ1v) is 10.7. The monoisotopic (exact) mass is 403 g/mol. The average molecular weight is 404 g/mol. The number of carbonyl (C=O) groups is 1. The summed E-state index contributed by atoms with van der Waals surface area (Å²) in [6.45, 7) is 12.8. The van der Waals surface area contributed by atoms with Gasteiger partial charge in [-0.2, -0.15) is 0 Å². The molecule has 1 atom stereocenters. The minimum absolute atomic E-state index is 0.0251. The SMILES string of the molecule is CCNC(=NCC1CN(CC(C)C)CCO1)NCCC(=O)NCc1ccccc1. The highest BCUT2D eigenvalue weighted by atomic mass is 16.5. The lowest BCUT2D eigenvalue weighted by Gasteiger charge is -2.33. The number of aliphatic imine (C=N–C) groups is 1. The summed E-state index contributed by atoms with van der Waals surface area (Å²) in [6, 6.07) is 9.92. The number of ether oxygens (including phenoxy) is 1. The third kappa shape index (κ3) is 9.76. The number of hydrogen-bond acceptors (Lipinski definition) is 4. The number of morpholine rings is 1. The molecule has 3 N–H and O–H groups in total. The summed E-state index contributed by atoms with van der Waals surface area (Å²) < 4.78 is 5.87. The van der Waals surface area contributed by atoms with E-state index in [0.29, 0.717) is 32.0 Å². The molecule has 2 rings (SSSR count). The van der Waals surface area contributed by atoms with Crippen molar-refractivity contribution in [1.82, 2.24) is 20.9 Å². The van der Waals surface area contributed by atoms with E-state index in [1.807, 2.05) is 37.3 Å². The number of benzene rings is 1.